The number of benzene rings is 1. The highest BCUT2D eigenvalue weighted by molar-refractivity contribution is 5.76. The minimum atomic E-state index is -0.141. The zero-order valence-corrected chi connectivity index (χ0v) is 16.4. The molecule has 1 saturated heterocycles. The number of hydrogen-bond acceptors (Lipinski definition) is 6. The molecule has 1 aliphatic rings. The van der Waals surface area contributed by atoms with Gasteiger partial charge in [0.25, 0.3) is 5.56 Å². The Bertz CT molecular complexity index is 1090. The molecule has 148 valence electrons. The third kappa shape index (κ3) is 4.08. The van der Waals surface area contributed by atoms with E-state index in [1.165, 1.54) is 11.8 Å². The van der Waals surface area contributed by atoms with Gasteiger partial charge in [-0.2, -0.15) is 4.98 Å². The van der Waals surface area contributed by atoms with Crippen LogP contribution in [-0.4, -0.2) is 40.7 Å². The second-order valence-corrected chi connectivity index (χ2v) is 7.18. The number of hydrogen-bond donors (Lipinski definition) is 2. The lowest BCUT2D eigenvalue weighted by Crippen LogP contribution is -2.43. The van der Waals surface area contributed by atoms with Gasteiger partial charge in [-0.15, -0.1) is 12.3 Å². The Labute approximate surface area is 169 Å². The normalized spacial score (nSPS) is 15.1. The number of aromatic nitrogens is 3. The molecule has 29 heavy (non-hydrogen) atoms. The van der Waals surface area contributed by atoms with E-state index in [0.717, 1.165) is 37.3 Å². The first-order valence-corrected chi connectivity index (χ1v) is 9.80. The molecule has 0 spiro atoms. The summed E-state index contributed by atoms with van der Waals surface area (Å²) in [5, 5.41) is 7.40. The van der Waals surface area contributed by atoms with Crippen molar-refractivity contribution < 1.29 is 0 Å². The van der Waals surface area contributed by atoms with Crippen molar-refractivity contribution in [3.8, 4) is 12.3 Å². The number of pyridine rings is 1. The number of rotatable bonds is 5. The van der Waals surface area contributed by atoms with E-state index in [4.69, 9.17) is 6.42 Å². The van der Waals surface area contributed by atoms with E-state index in [1.807, 2.05) is 19.1 Å². The second-order valence-electron chi connectivity index (χ2n) is 7.18. The molecule has 2 N–H and O–H groups in total. The maximum atomic E-state index is 12.4. The van der Waals surface area contributed by atoms with Gasteiger partial charge in [-0.25, -0.2) is 4.98 Å². The molecule has 1 aliphatic heterocycles. The van der Waals surface area contributed by atoms with E-state index < -0.39 is 0 Å². The monoisotopic (exact) mass is 388 g/mol. The minimum Gasteiger partial charge on any atom is -0.369 e. The highest BCUT2D eigenvalue weighted by Crippen LogP contribution is 2.22. The van der Waals surface area contributed by atoms with Crippen LogP contribution in [0.25, 0.3) is 11.0 Å². The Hall–Kier alpha value is -3.37. The lowest BCUT2D eigenvalue weighted by Gasteiger charge is -2.29. The van der Waals surface area contributed by atoms with Crippen LogP contribution in [0, 0.1) is 12.3 Å². The highest BCUT2D eigenvalue weighted by atomic mass is 16.1. The lowest BCUT2D eigenvalue weighted by molar-refractivity contribution is 0.558. The Morgan fingerprint density at radius 3 is 2.69 bits per heavy atom. The average molecular weight is 388 g/mol. The summed E-state index contributed by atoms with van der Waals surface area (Å²) >= 11 is 0. The number of piperazine rings is 1. The fourth-order valence-electron chi connectivity index (χ4n) is 3.59. The summed E-state index contributed by atoms with van der Waals surface area (Å²) in [5.41, 5.74) is 2.55. The van der Waals surface area contributed by atoms with Crippen LogP contribution < -0.4 is 21.1 Å². The number of nitrogens with one attached hydrogen (secondary N) is 2. The third-order valence-corrected chi connectivity index (χ3v) is 5.13. The van der Waals surface area contributed by atoms with Gasteiger partial charge in [-0.1, -0.05) is 0 Å². The van der Waals surface area contributed by atoms with Gasteiger partial charge in [-0.05, 0) is 37.3 Å². The minimum absolute atomic E-state index is 0.120. The first-order valence-electron chi connectivity index (χ1n) is 9.80. The van der Waals surface area contributed by atoms with Crippen molar-refractivity contribution in [2.24, 2.45) is 0 Å². The van der Waals surface area contributed by atoms with Crippen LogP contribution in [-0.2, 0) is 0 Å². The summed E-state index contributed by atoms with van der Waals surface area (Å²) in [7, 11) is 0. The Morgan fingerprint density at radius 2 is 1.97 bits per heavy atom. The number of nitrogens with zero attached hydrogens (tertiary/aromatic N) is 4. The molecule has 0 saturated carbocycles. The Balaban J connectivity index is 1.60. The quantitative estimate of drug-likeness (QED) is 0.655. The predicted octanol–water partition coefficient (Wildman–Crippen LogP) is 2.53. The molecule has 3 aromatic rings. The van der Waals surface area contributed by atoms with Gasteiger partial charge in [0.2, 0.25) is 5.95 Å². The first-order chi connectivity index (χ1) is 14.2. The summed E-state index contributed by atoms with van der Waals surface area (Å²) in [5.74, 6) is 3.06. The molecule has 7 nitrogen and oxygen atoms in total. The van der Waals surface area contributed by atoms with Crippen molar-refractivity contribution in [1.29, 1.82) is 0 Å². The van der Waals surface area contributed by atoms with Crippen LogP contribution in [0.1, 0.15) is 19.4 Å². The summed E-state index contributed by atoms with van der Waals surface area (Å²) < 4.78 is 1.63. The van der Waals surface area contributed by atoms with Crippen molar-refractivity contribution in [1.82, 2.24) is 19.9 Å². The van der Waals surface area contributed by atoms with Crippen LogP contribution in [0.5, 0.6) is 0 Å². The van der Waals surface area contributed by atoms with E-state index in [9.17, 15) is 4.79 Å². The molecule has 7 heteroatoms. The van der Waals surface area contributed by atoms with E-state index >= 15 is 0 Å². The number of fused-ring (bicyclic) bond motifs is 1. The topological polar surface area (TPSA) is 75.1 Å². The molecule has 2 aromatic heterocycles. The second kappa shape index (κ2) is 8.33. The van der Waals surface area contributed by atoms with Crippen molar-refractivity contribution in [3.05, 3.63) is 52.9 Å². The molecule has 4 rings (SSSR count). The standard InChI is InChI=1S/C22H24N6O/c1-3-4-16(2)28-20(29)10-5-17-15-24-22(26-21(17)28)25-18-6-8-19(9-7-18)27-13-11-23-12-14-27/h1,5-10,15-16,23H,4,11-14H2,2H3,(H,24,25,26). The molecule has 1 atom stereocenters. The molecular weight excluding hydrogens is 364 g/mol. The number of terminal acetylenes is 1. The molecule has 0 bridgehead atoms. The van der Waals surface area contributed by atoms with Crippen molar-refractivity contribution in [2.45, 2.75) is 19.4 Å². The Morgan fingerprint density at radius 1 is 1.21 bits per heavy atom. The predicted molar refractivity (Wildman–Crippen MR) is 117 cm³/mol. The molecule has 1 fully saturated rings. The van der Waals surface area contributed by atoms with Crippen LogP contribution in [0.4, 0.5) is 17.3 Å². The molecule has 0 radical (unpaired) electrons. The fraction of sp³-hybridized carbons (Fsp3) is 0.318. The summed E-state index contributed by atoms with van der Waals surface area (Å²) in [6, 6.07) is 11.4. The van der Waals surface area contributed by atoms with Gasteiger partial charge in [0.05, 0.1) is 0 Å². The zero-order chi connectivity index (χ0) is 20.2. The van der Waals surface area contributed by atoms with Crippen molar-refractivity contribution in [3.63, 3.8) is 0 Å². The van der Waals surface area contributed by atoms with Gasteiger partial charge in [0.1, 0.15) is 5.65 Å². The van der Waals surface area contributed by atoms with Crippen molar-refractivity contribution >= 4 is 28.4 Å². The Kier molecular flexibility index (Phi) is 5.45. The van der Waals surface area contributed by atoms with Gasteiger partial charge in [-0.3, -0.25) is 9.36 Å². The van der Waals surface area contributed by atoms with E-state index in [-0.39, 0.29) is 11.6 Å². The van der Waals surface area contributed by atoms with Crippen LogP contribution in [0.15, 0.2) is 47.4 Å². The smallest absolute Gasteiger partial charge is 0.252 e. The largest absolute Gasteiger partial charge is 0.369 e. The van der Waals surface area contributed by atoms with E-state index in [1.54, 1.807) is 16.8 Å². The molecule has 3 heterocycles. The molecular formula is C22H24N6O. The zero-order valence-electron chi connectivity index (χ0n) is 16.4. The van der Waals surface area contributed by atoms with Gasteiger partial charge in [0, 0.05) is 67.7 Å². The third-order valence-electron chi connectivity index (χ3n) is 5.13. The molecule has 0 amide bonds. The summed E-state index contributed by atoms with van der Waals surface area (Å²) in [6.07, 6.45) is 7.62. The fourth-order valence-corrected chi connectivity index (χ4v) is 3.59. The molecule has 1 unspecified atom stereocenters. The average Bonchev–Trinajstić information content (AvgIpc) is 2.75. The maximum absolute atomic E-state index is 12.4. The van der Waals surface area contributed by atoms with Crippen LogP contribution in [0.3, 0.4) is 0 Å². The van der Waals surface area contributed by atoms with E-state index in [0.29, 0.717) is 18.0 Å². The van der Waals surface area contributed by atoms with E-state index in [2.05, 4.69) is 43.6 Å². The molecule has 0 aliphatic carbocycles. The van der Waals surface area contributed by atoms with Crippen LogP contribution >= 0.6 is 0 Å². The first kappa shape index (κ1) is 19.0. The van der Waals surface area contributed by atoms with Crippen molar-refractivity contribution in [2.75, 3.05) is 36.4 Å². The SMILES string of the molecule is C#CCC(C)n1c(=O)ccc2cnc(Nc3ccc(N4CCNCC4)cc3)nc21. The summed E-state index contributed by atoms with van der Waals surface area (Å²) in [6.45, 7) is 5.95. The van der Waals surface area contributed by atoms with Gasteiger partial charge >= 0.3 is 0 Å². The summed E-state index contributed by atoms with van der Waals surface area (Å²) in [4.78, 5) is 23.8. The number of anilines is 3. The lowest BCUT2D eigenvalue weighted by atomic mass is 10.2. The van der Waals surface area contributed by atoms with Crippen LogP contribution in [0.2, 0.25) is 0 Å². The molecule has 1 aromatic carbocycles. The van der Waals surface area contributed by atoms with Gasteiger partial charge in [0.15, 0.2) is 0 Å². The maximum Gasteiger partial charge on any atom is 0.252 e. The highest BCUT2D eigenvalue weighted by Gasteiger charge is 2.13. The van der Waals surface area contributed by atoms with Gasteiger partial charge < -0.3 is 15.5 Å².